The highest BCUT2D eigenvalue weighted by Gasteiger charge is 2.19. The average Bonchev–Trinajstić information content (AvgIpc) is 2.77. The molecule has 1 aromatic carbocycles. The van der Waals surface area contributed by atoms with E-state index in [-0.39, 0.29) is 17.7 Å². The number of amides is 3. The molecule has 1 saturated heterocycles. The SMILES string of the molecule is NC(=O)c1ccc(N2CCCCC2)c(NC(=O)CCCNC(=O)C2CC=CCC2)c1. The Morgan fingerprint density at radius 1 is 1.10 bits per heavy atom. The lowest BCUT2D eigenvalue weighted by Crippen LogP contribution is -2.32. The van der Waals surface area contributed by atoms with Crippen molar-refractivity contribution in [3.8, 4) is 0 Å². The third-order valence-corrected chi connectivity index (χ3v) is 5.77. The van der Waals surface area contributed by atoms with Crippen LogP contribution in [0.5, 0.6) is 0 Å². The number of anilines is 2. The second kappa shape index (κ2) is 10.8. The van der Waals surface area contributed by atoms with E-state index in [9.17, 15) is 14.4 Å². The molecule has 162 valence electrons. The fraction of sp³-hybridized carbons (Fsp3) is 0.522. The molecule has 3 rings (SSSR count). The van der Waals surface area contributed by atoms with Gasteiger partial charge in [-0.15, -0.1) is 0 Å². The zero-order valence-corrected chi connectivity index (χ0v) is 17.5. The molecule has 0 saturated carbocycles. The van der Waals surface area contributed by atoms with E-state index in [4.69, 9.17) is 5.73 Å². The minimum Gasteiger partial charge on any atom is -0.370 e. The van der Waals surface area contributed by atoms with E-state index in [1.165, 1.54) is 6.42 Å². The van der Waals surface area contributed by atoms with Crippen LogP contribution < -0.4 is 21.3 Å². The summed E-state index contributed by atoms with van der Waals surface area (Å²) in [6.07, 6.45) is 11.1. The monoisotopic (exact) mass is 412 g/mol. The molecule has 4 N–H and O–H groups in total. The Bertz CT molecular complexity index is 800. The summed E-state index contributed by atoms with van der Waals surface area (Å²) >= 11 is 0. The molecule has 1 fully saturated rings. The lowest BCUT2D eigenvalue weighted by Gasteiger charge is -2.30. The molecule has 0 spiro atoms. The number of primary amides is 1. The van der Waals surface area contributed by atoms with Crippen LogP contribution in [0.4, 0.5) is 11.4 Å². The van der Waals surface area contributed by atoms with Gasteiger partial charge in [0.2, 0.25) is 17.7 Å². The first kappa shape index (κ1) is 21.9. The summed E-state index contributed by atoms with van der Waals surface area (Å²) in [5, 5.41) is 5.88. The van der Waals surface area contributed by atoms with Gasteiger partial charge < -0.3 is 21.3 Å². The van der Waals surface area contributed by atoms with Crippen molar-refractivity contribution in [2.24, 2.45) is 11.7 Å². The van der Waals surface area contributed by atoms with Crippen molar-refractivity contribution in [1.29, 1.82) is 0 Å². The summed E-state index contributed by atoms with van der Waals surface area (Å²) in [5.41, 5.74) is 7.34. The number of hydrogen-bond acceptors (Lipinski definition) is 4. The van der Waals surface area contributed by atoms with Crippen LogP contribution in [-0.4, -0.2) is 37.4 Å². The third-order valence-electron chi connectivity index (χ3n) is 5.77. The Hall–Kier alpha value is -2.83. The molecule has 1 atom stereocenters. The van der Waals surface area contributed by atoms with Gasteiger partial charge in [0, 0.05) is 37.5 Å². The fourth-order valence-corrected chi connectivity index (χ4v) is 4.05. The number of allylic oxidation sites excluding steroid dienone is 2. The quantitative estimate of drug-likeness (QED) is 0.451. The maximum atomic E-state index is 12.5. The van der Waals surface area contributed by atoms with Crippen molar-refractivity contribution >= 4 is 29.1 Å². The summed E-state index contributed by atoms with van der Waals surface area (Å²) in [6, 6.07) is 5.22. The van der Waals surface area contributed by atoms with Crippen molar-refractivity contribution in [2.75, 3.05) is 29.9 Å². The van der Waals surface area contributed by atoms with Crippen LogP contribution >= 0.6 is 0 Å². The lowest BCUT2D eigenvalue weighted by atomic mass is 9.94. The second-order valence-corrected chi connectivity index (χ2v) is 8.07. The van der Waals surface area contributed by atoms with Crippen molar-refractivity contribution in [3.63, 3.8) is 0 Å². The number of hydrogen-bond donors (Lipinski definition) is 3. The molecule has 1 aliphatic carbocycles. The summed E-state index contributed by atoms with van der Waals surface area (Å²) in [6.45, 7) is 2.34. The number of carbonyl (C=O) groups excluding carboxylic acids is 3. The molecule has 1 aliphatic heterocycles. The van der Waals surface area contributed by atoms with Crippen LogP contribution in [0.25, 0.3) is 0 Å². The minimum absolute atomic E-state index is 0.0486. The van der Waals surface area contributed by atoms with Crippen LogP contribution in [0, 0.1) is 5.92 Å². The van der Waals surface area contributed by atoms with Gasteiger partial charge in [0.15, 0.2) is 0 Å². The van der Waals surface area contributed by atoms with E-state index < -0.39 is 5.91 Å². The first-order valence-corrected chi connectivity index (χ1v) is 11.0. The molecule has 1 aromatic rings. The molecule has 3 amide bonds. The van der Waals surface area contributed by atoms with E-state index >= 15 is 0 Å². The van der Waals surface area contributed by atoms with E-state index in [1.54, 1.807) is 12.1 Å². The van der Waals surface area contributed by atoms with Gasteiger partial charge in [0.25, 0.3) is 0 Å². The Morgan fingerprint density at radius 3 is 2.60 bits per heavy atom. The van der Waals surface area contributed by atoms with Crippen LogP contribution in [0.15, 0.2) is 30.4 Å². The molecule has 7 nitrogen and oxygen atoms in total. The van der Waals surface area contributed by atoms with E-state index in [1.807, 2.05) is 6.07 Å². The molecule has 0 aromatic heterocycles. The predicted molar refractivity (Wildman–Crippen MR) is 118 cm³/mol. The van der Waals surface area contributed by atoms with Crippen molar-refractivity contribution in [1.82, 2.24) is 5.32 Å². The third kappa shape index (κ3) is 6.08. The second-order valence-electron chi connectivity index (χ2n) is 8.07. The van der Waals surface area contributed by atoms with Gasteiger partial charge in [-0.1, -0.05) is 12.2 Å². The Balaban J connectivity index is 1.53. The van der Waals surface area contributed by atoms with Gasteiger partial charge in [-0.05, 0) is 63.1 Å². The largest absolute Gasteiger partial charge is 0.370 e. The first-order chi connectivity index (χ1) is 14.5. The van der Waals surface area contributed by atoms with Crippen molar-refractivity contribution in [3.05, 3.63) is 35.9 Å². The zero-order chi connectivity index (χ0) is 21.3. The Kier molecular flexibility index (Phi) is 7.88. The van der Waals surface area contributed by atoms with Gasteiger partial charge in [-0.2, -0.15) is 0 Å². The number of nitrogens with two attached hydrogens (primary N) is 1. The van der Waals surface area contributed by atoms with Crippen LogP contribution in [0.3, 0.4) is 0 Å². The summed E-state index contributed by atoms with van der Waals surface area (Å²) in [4.78, 5) is 38.5. The smallest absolute Gasteiger partial charge is 0.248 e. The molecule has 1 heterocycles. The molecule has 0 bridgehead atoms. The number of piperidine rings is 1. The molecule has 30 heavy (non-hydrogen) atoms. The summed E-state index contributed by atoms with van der Waals surface area (Å²) < 4.78 is 0. The van der Waals surface area contributed by atoms with Gasteiger partial charge >= 0.3 is 0 Å². The van der Waals surface area contributed by atoms with E-state index in [0.717, 1.165) is 50.9 Å². The Labute approximate surface area is 178 Å². The number of nitrogens with one attached hydrogen (secondary N) is 2. The average molecular weight is 413 g/mol. The van der Waals surface area contributed by atoms with Crippen LogP contribution in [0.2, 0.25) is 0 Å². The minimum atomic E-state index is -0.518. The Morgan fingerprint density at radius 2 is 1.90 bits per heavy atom. The van der Waals surface area contributed by atoms with E-state index in [0.29, 0.717) is 30.6 Å². The molecule has 2 aliphatic rings. The molecular formula is C23H32N4O3. The lowest BCUT2D eigenvalue weighted by molar-refractivity contribution is -0.125. The van der Waals surface area contributed by atoms with Gasteiger partial charge in [-0.3, -0.25) is 14.4 Å². The van der Waals surface area contributed by atoms with Gasteiger partial charge in [-0.25, -0.2) is 0 Å². The topological polar surface area (TPSA) is 105 Å². The van der Waals surface area contributed by atoms with Crippen LogP contribution in [-0.2, 0) is 9.59 Å². The first-order valence-electron chi connectivity index (χ1n) is 11.0. The van der Waals surface area contributed by atoms with Gasteiger partial charge in [0.1, 0.15) is 0 Å². The number of benzene rings is 1. The summed E-state index contributed by atoms with van der Waals surface area (Å²) in [7, 11) is 0. The van der Waals surface area contributed by atoms with Crippen LogP contribution in [0.1, 0.15) is 61.7 Å². The number of carbonyl (C=O) groups is 3. The van der Waals surface area contributed by atoms with Crippen molar-refractivity contribution in [2.45, 2.75) is 51.4 Å². The number of rotatable bonds is 8. The molecule has 0 radical (unpaired) electrons. The standard InChI is InChI=1S/C23H32N4O3/c24-22(29)18-11-12-20(27-14-5-2-6-15-27)19(16-18)26-21(28)10-7-13-25-23(30)17-8-3-1-4-9-17/h1,3,11-12,16-17H,2,4-10,13-15H2,(H2,24,29)(H,25,30)(H,26,28). The molecule has 7 heteroatoms. The highest BCUT2D eigenvalue weighted by Crippen LogP contribution is 2.30. The number of nitrogens with zero attached hydrogens (tertiary/aromatic N) is 1. The molecular weight excluding hydrogens is 380 g/mol. The normalized spacial score (nSPS) is 18.7. The highest BCUT2D eigenvalue weighted by atomic mass is 16.2. The summed E-state index contributed by atoms with van der Waals surface area (Å²) in [5.74, 6) is -0.533. The van der Waals surface area contributed by atoms with E-state index in [2.05, 4.69) is 27.7 Å². The zero-order valence-electron chi connectivity index (χ0n) is 17.5. The maximum Gasteiger partial charge on any atom is 0.248 e. The van der Waals surface area contributed by atoms with Gasteiger partial charge in [0.05, 0.1) is 11.4 Å². The predicted octanol–water partition coefficient (Wildman–Crippen LogP) is 2.97. The fourth-order valence-electron chi connectivity index (χ4n) is 4.05. The van der Waals surface area contributed by atoms with Crippen molar-refractivity contribution < 1.29 is 14.4 Å². The maximum absolute atomic E-state index is 12.5. The highest BCUT2D eigenvalue weighted by molar-refractivity contribution is 5.99. The molecule has 1 unspecified atom stereocenters.